The maximum absolute atomic E-state index is 13.0. The van der Waals surface area contributed by atoms with Gasteiger partial charge < -0.3 is 5.11 Å². The van der Waals surface area contributed by atoms with Crippen LogP contribution in [0.15, 0.2) is 23.1 Å². The molecule has 0 bridgehead atoms. The fourth-order valence-electron chi connectivity index (χ4n) is 1.34. The van der Waals surface area contributed by atoms with E-state index in [0.29, 0.717) is 0 Å². The maximum Gasteiger partial charge on any atom is 0.336 e. The number of hydrogen-bond acceptors (Lipinski definition) is 4. The van der Waals surface area contributed by atoms with Crippen LogP contribution < -0.4 is 5.32 Å². The van der Waals surface area contributed by atoms with Crippen LogP contribution in [0.3, 0.4) is 0 Å². The van der Waals surface area contributed by atoms with Crippen LogP contribution in [0.5, 0.6) is 0 Å². The quantitative estimate of drug-likeness (QED) is 0.773. The number of halogens is 1. The van der Waals surface area contributed by atoms with E-state index in [9.17, 15) is 17.6 Å². The summed E-state index contributed by atoms with van der Waals surface area (Å²) in [6.45, 7) is 1.41. The largest absolute Gasteiger partial charge is 0.479 e. The summed E-state index contributed by atoms with van der Waals surface area (Å²) in [4.78, 5) is 10.6. The first-order chi connectivity index (χ1) is 7.80. The Labute approximate surface area is 98.2 Å². The van der Waals surface area contributed by atoms with Crippen LogP contribution in [0.4, 0.5) is 4.39 Å². The van der Waals surface area contributed by atoms with E-state index >= 15 is 0 Å². The van der Waals surface area contributed by atoms with Gasteiger partial charge in [0.1, 0.15) is 5.82 Å². The summed E-state index contributed by atoms with van der Waals surface area (Å²) in [5, 5.41) is 9.23. The molecule has 17 heavy (non-hydrogen) atoms. The van der Waals surface area contributed by atoms with Crippen molar-refractivity contribution in [3.63, 3.8) is 0 Å². The van der Waals surface area contributed by atoms with E-state index < -0.39 is 27.0 Å². The maximum atomic E-state index is 13.0. The summed E-state index contributed by atoms with van der Waals surface area (Å²) in [7, 11) is -2.84. The fraction of sp³-hybridized carbons (Fsp3) is 0.300. The smallest absolute Gasteiger partial charge is 0.336 e. The zero-order chi connectivity index (χ0) is 13.2. The molecular formula is C10H12FNO4S. The lowest BCUT2D eigenvalue weighted by Crippen LogP contribution is -2.41. The van der Waals surface area contributed by atoms with Crippen molar-refractivity contribution in [3.8, 4) is 0 Å². The number of carbonyl (C=O) groups is 1. The zero-order valence-corrected chi connectivity index (χ0v) is 10.1. The molecule has 1 atom stereocenters. The first kappa shape index (κ1) is 13.6. The molecule has 0 spiro atoms. The van der Waals surface area contributed by atoms with E-state index in [2.05, 4.69) is 5.32 Å². The molecule has 94 valence electrons. The Morgan fingerprint density at radius 3 is 2.47 bits per heavy atom. The van der Waals surface area contributed by atoms with Crippen LogP contribution in [-0.2, 0) is 14.6 Å². The van der Waals surface area contributed by atoms with E-state index in [4.69, 9.17) is 5.11 Å². The van der Waals surface area contributed by atoms with Gasteiger partial charge in [-0.2, -0.15) is 0 Å². The van der Waals surface area contributed by atoms with E-state index in [1.165, 1.54) is 14.0 Å². The third-order valence-electron chi connectivity index (χ3n) is 2.25. The Morgan fingerprint density at radius 1 is 1.47 bits per heavy atom. The first-order valence-corrected chi connectivity index (χ1v) is 6.25. The van der Waals surface area contributed by atoms with Gasteiger partial charge in [0.2, 0.25) is 15.2 Å². The highest BCUT2D eigenvalue weighted by molar-refractivity contribution is 7.92. The van der Waals surface area contributed by atoms with Crippen molar-refractivity contribution in [3.05, 3.63) is 29.6 Å². The van der Waals surface area contributed by atoms with E-state index in [-0.39, 0.29) is 10.5 Å². The van der Waals surface area contributed by atoms with Gasteiger partial charge in [-0.25, -0.2) is 17.6 Å². The zero-order valence-electron chi connectivity index (χ0n) is 9.27. The van der Waals surface area contributed by atoms with Gasteiger partial charge in [0.15, 0.2) is 0 Å². The molecule has 0 radical (unpaired) electrons. The lowest BCUT2D eigenvalue weighted by Gasteiger charge is -2.13. The van der Waals surface area contributed by atoms with Gasteiger partial charge in [-0.05, 0) is 37.7 Å². The molecule has 7 heteroatoms. The van der Waals surface area contributed by atoms with Crippen molar-refractivity contribution >= 4 is 15.8 Å². The van der Waals surface area contributed by atoms with Gasteiger partial charge in [0, 0.05) is 0 Å². The Bertz CT molecular complexity index is 541. The number of carboxylic acids is 1. The number of aryl methyl sites for hydroxylation is 1. The molecule has 1 unspecified atom stereocenters. The second-order valence-corrected chi connectivity index (χ2v) is 5.50. The molecule has 0 aliphatic heterocycles. The summed E-state index contributed by atoms with van der Waals surface area (Å²) in [6.07, 6.45) is 0. The number of nitrogens with one attached hydrogen (secondary N) is 1. The monoisotopic (exact) mass is 261 g/mol. The molecule has 1 aromatic rings. The number of rotatable bonds is 4. The van der Waals surface area contributed by atoms with Crippen molar-refractivity contribution in [2.24, 2.45) is 0 Å². The van der Waals surface area contributed by atoms with Crippen LogP contribution in [0.1, 0.15) is 5.56 Å². The average Bonchev–Trinajstić information content (AvgIpc) is 2.21. The molecule has 0 fully saturated rings. The second-order valence-electron chi connectivity index (χ2n) is 3.46. The lowest BCUT2D eigenvalue weighted by atomic mass is 10.2. The highest BCUT2D eigenvalue weighted by Gasteiger charge is 2.32. The Hall–Kier alpha value is -1.47. The SMILES string of the molecule is CNC(C(=O)O)S(=O)(=O)c1ccc(F)c(C)c1. The lowest BCUT2D eigenvalue weighted by molar-refractivity contribution is -0.137. The standard InChI is InChI=1S/C10H12FNO4S/c1-6-5-7(3-4-8(6)11)17(15,16)9(12-2)10(13)14/h3-5,9,12H,1-2H3,(H,13,14). The summed E-state index contributed by atoms with van der Waals surface area (Å²) in [5.41, 5.74) is 0.145. The molecule has 5 nitrogen and oxygen atoms in total. The van der Waals surface area contributed by atoms with Crippen molar-refractivity contribution in [2.75, 3.05) is 7.05 Å². The van der Waals surface area contributed by atoms with Crippen LogP contribution in [0.25, 0.3) is 0 Å². The van der Waals surface area contributed by atoms with Crippen LogP contribution in [0, 0.1) is 12.7 Å². The molecular weight excluding hydrogens is 249 g/mol. The molecule has 0 aromatic heterocycles. The second kappa shape index (κ2) is 4.80. The molecule has 1 aromatic carbocycles. The van der Waals surface area contributed by atoms with Gasteiger partial charge in [0.25, 0.3) is 0 Å². The molecule has 0 heterocycles. The van der Waals surface area contributed by atoms with E-state index in [0.717, 1.165) is 18.2 Å². The van der Waals surface area contributed by atoms with Crippen LogP contribution in [0.2, 0.25) is 0 Å². The number of carboxylic acid groups (broad SMARTS) is 1. The topological polar surface area (TPSA) is 83.5 Å². The van der Waals surface area contributed by atoms with Gasteiger partial charge in [-0.1, -0.05) is 0 Å². The highest BCUT2D eigenvalue weighted by atomic mass is 32.2. The average molecular weight is 261 g/mol. The van der Waals surface area contributed by atoms with Gasteiger partial charge in [-0.15, -0.1) is 0 Å². The molecule has 0 saturated carbocycles. The molecule has 0 saturated heterocycles. The third-order valence-corrected chi connectivity index (χ3v) is 4.22. The molecule has 0 amide bonds. The Balaban J connectivity index is 3.30. The minimum atomic E-state index is -4.07. The van der Waals surface area contributed by atoms with Crippen LogP contribution >= 0.6 is 0 Å². The number of sulfone groups is 1. The van der Waals surface area contributed by atoms with Crippen molar-refractivity contribution in [2.45, 2.75) is 17.2 Å². The summed E-state index contributed by atoms with van der Waals surface area (Å²) in [5.74, 6) is -2.05. The molecule has 0 aliphatic rings. The summed E-state index contributed by atoms with van der Waals surface area (Å²) < 4.78 is 36.8. The molecule has 0 aliphatic carbocycles. The molecule has 1 rings (SSSR count). The predicted octanol–water partition coefficient (Wildman–Crippen LogP) is 0.538. The van der Waals surface area contributed by atoms with Crippen LogP contribution in [-0.4, -0.2) is 31.9 Å². The van der Waals surface area contributed by atoms with Crippen molar-refractivity contribution in [1.82, 2.24) is 5.32 Å². The van der Waals surface area contributed by atoms with Crippen molar-refractivity contribution in [1.29, 1.82) is 0 Å². The van der Waals surface area contributed by atoms with E-state index in [1.54, 1.807) is 0 Å². The van der Waals surface area contributed by atoms with Gasteiger partial charge in [0.05, 0.1) is 4.90 Å². The molecule has 2 N–H and O–H groups in total. The Morgan fingerprint density at radius 2 is 2.06 bits per heavy atom. The minimum absolute atomic E-state index is 0.145. The number of benzene rings is 1. The number of aliphatic carboxylic acids is 1. The fourth-order valence-corrected chi connectivity index (χ4v) is 2.79. The number of hydrogen-bond donors (Lipinski definition) is 2. The van der Waals surface area contributed by atoms with E-state index in [1.807, 2.05) is 0 Å². The Kier molecular flexibility index (Phi) is 3.84. The normalized spacial score (nSPS) is 13.4. The third kappa shape index (κ3) is 2.62. The first-order valence-electron chi connectivity index (χ1n) is 4.71. The number of likely N-dealkylation sites (N-methyl/N-ethyl adjacent to an activating group) is 1. The van der Waals surface area contributed by atoms with Crippen molar-refractivity contribution < 1.29 is 22.7 Å². The highest BCUT2D eigenvalue weighted by Crippen LogP contribution is 2.18. The minimum Gasteiger partial charge on any atom is -0.479 e. The summed E-state index contributed by atoms with van der Waals surface area (Å²) in [6, 6.07) is 3.15. The van der Waals surface area contributed by atoms with Gasteiger partial charge >= 0.3 is 5.97 Å². The van der Waals surface area contributed by atoms with Gasteiger partial charge in [-0.3, -0.25) is 5.32 Å². The predicted molar refractivity (Wildman–Crippen MR) is 58.8 cm³/mol. The summed E-state index contributed by atoms with van der Waals surface area (Å²) >= 11 is 0.